The molecule has 0 bridgehead atoms. The fraction of sp³-hybridized carbons (Fsp3) is 0.318. The van der Waals surface area contributed by atoms with Gasteiger partial charge in [-0.2, -0.15) is 0 Å². The van der Waals surface area contributed by atoms with Crippen LogP contribution < -0.4 is 15.9 Å². The van der Waals surface area contributed by atoms with Gasteiger partial charge in [0.25, 0.3) is 5.69 Å². The molecule has 174 valence electrons. The van der Waals surface area contributed by atoms with Gasteiger partial charge in [0.05, 0.1) is 16.4 Å². The second kappa shape index (κ2) is 9.90. The Balaban J connectivity index is 1.55. The summed E-state index contributed by atoms with van der Waals surface area (Å²) in [5.41, 5.74) is 2.27. The van der Waals surface area contributed by atoms with Gasteiger partial charge in [0, 0.05) is 12.1 Å². The smallest absolute Gasteiger partial charge is 0.271 e. The van der Waals surface area contributed by atoms with Gasteiger partial charge in [0.2, 0.25) is 11.1 Å². The molecule has 2 aromatic carbocycles. The van der Waals surface area contributed by atoms with Crippen molar-refractivity contribution in [3.8, 4) is 5.75 Å². The molecule has 0 radical (unpaired) electrons. The van der Waals surface area contributed by atoms with Crippen LogP contribution in [0.3, 0.4) is 0 Å². The van der Waals surface area contributed by atoms with Crippen molar-refractivity contribution in [1.82, 2.24) is 14.9 Å². The summed E-state index contributed by atoms with van der Waals surface area (Å²) < 4.78 is 7.03. The summed E-state index contributed by atoms with van der Waals surface area (Å²) in [6.07, 6.45) is 0. The van der Waals surface area contributed by atoms with Crippen molar-refractivity contribution in [2.45, 2.75) is 44.9 Å². The molecular weight excluding hydrogens is 444 g/mol. The van der Waals surface area contributed by atoms with Gasteiger partial charge in [0.1, 0.15) is 12.4 Å². The molecule has 3 rings (SSSR count). The lowest BCUT2D eigenvalue weighted by atomic mass is 9.87. The summed E-state index contributed by atoms with van der Waals surface area (Å²) in [4.78, 5) is 22.8. The van der Waals surface area contributed by atoms with Crippen molar-refractivity contribution < 1.29 is 14.5 Å². The van der Waals surface area contributed by atoms with Crippen LogP contribution in [0.1, 0.15) is 37.7 Å². The minimum Gasteiger partial charge on any atom is -0.486 e. The Labute approximate surface area is 195 Å². The Morgan fingerprint density at radius 1 is 1.21 bits per heavy atom. The summed E-state index contributed by atoms with van der Waals surface area (Å²) in [6, 6.07) is 12.1. The van der Waals surface area contributed by atoms with E-state index in [1.54, 1.807) is 13.0 Å². The number of nitrogens with two attached hydrogens (primary N) is 1. The van der Waals surface area contributed by atoms with Crippen LogP contribution in [0.5, 0.6) is 5.75 Å². The van der Waals surface area contributed by atoms with Gasteiger partial charge < -0.3 is 15.9 Å². The average molecular weight is 471 g/mol. The number of benzene rings is 2. The van der Waals surface area contributed by atoms with E-state index in [4.69, 9.17) is 10.6 Å². The first kappa shape index (κ1) is 24.1. The van der Waals surface area contributed by atoms with Crippen molar-refractivity contribution in [3.63, 3.8) is 0 Å². The van der Waals surface area contributed by atoms with Gasteiger partial charge in [0.15, 0.2) is 5.82 Å². The molecule has 0 spiro atoms. The Morgan fingerprint density at radius 3 is 2.55 bits per heavy atom. The number of aryl methyl sites for hydroxylation is 1. The lowest BCUT2D eigenvalue weighted by Gasteiger charge is -2.19. The Hall–Kier alpha value is -3.60. The van der Waals surface area contributed by atoms with Crippen molar-refractivity contribution in [2.75, 3.05) is 16.9 Å². The summed E-state index contributed by atoms with van der Waals surface area (Å²) in [7, 11) is 0. The van der Waals surface area contributed by atoms with Crippen LogP contribution in [0.15, 0.2) is 47.6 Å². The first-order chi connectivity index (χ1) is 15.5. The van der Waals surface area contributed by atoms with E-state index in [-0.39, 0.29) is 29.4 Å². The molecule has 0 saturated heterocycles. The first-order valence-electron chi connectivity index (χ1n) is 10.1. The number of carbonyl (C=O) groups is 1. The van der Waals surface area contributed by atoms with Gasteiger partial charge in [-0.3, -0.25) is 14.9 Å². The van der Waals surface area contributed by atoms with Gasteiger partial charge in [-0.15, -0.1) is 10.2 Å². The molecule has 33 heavy (non-hydrogen) atoms. The Bertz CT molecular complexity index is 1150. The quantitative estimate of drug-likeness (QED) is 0.219. The van der Waals surface area contributed by atoms with Gasteiger partial charge >= 0.3 is 0 Å². The largest absolute Gasteiger partial charge is 0.486 e. The summed E-state index contributed by atoms with van der Waals surface area (Å²) in [5, 5.41) is 22.0. The molecular formula is C22H26N6O4S. The van der Waals surface area contributed by atoms with Crippen LogP contribution in [0.4, 0.5) is 11.4 Å². The number of non-ortho nitro benzene ring substituents is 1. The molecule has 1 aromatic heterocycles. The number of carbonyl (C=O) groups excluding carboxylic acids is 1. The number of amides is 1. The highest BCUT2D eigenvalue weighted by Crippen LogP contribution is 2.25. The van der Waals surface area contributed by atoms with Crippen LogP contribution in [0.25, 0.3) is 0 Å². The van der Waals surface area contributed by atoms with Crippen LogP contribution in [-0.4, -0.2) is 31.5 Å². The molecule has 0 aliphatic rings. The fourth-order valence-electron chi connectivity index (χ4n) is 2.88. The van der Waals surface area contributed by atoms with E-state index in [0.29, 0.717) is 22.4 Å². The predicted molar refractivity (Wildman–Crippen MR) is 127 cm³/mol. The third kappa shape index (κ3) is 6.22. The number of rotatable bonds is 8. The normalized spacial score (nSPS) is 11.3. The Morgan fingerprint density at radius 2 is 1.91 bits per heavy atom. The maximum Gasteiger partial charge on any atom is 0.271 e. The van der Waals surface area contributed by atoms with Gasteiger partial charge in [-0.1, -0.05) is 50.7 Å². The highest BCUT2D eigenvalue weighted by molar-refractivity contribution is 7.99. The number of nitrogens with one attached hydrogen (secondary N) is 1. The van der Waals surface area contributed by atoms with Crippen molar-refractivity contribution in [3.05, 3.63) is 69.5 Å². The topological polar surface area (TPSA) is 138 Å². The highest BCUT2D eigenvalue weighted by Gasteiger charge is 2.16. The molecule has 0 aliphatic carbocycles. The maximum atomic E-state index is 12.3. The van der Waals surface area contributed by atoms with E-state index in [0.717, 1.165) is 17.3 Å². The number of hydrogen-bond acceptors (Lipinski definition) is 8. The number of nitrogen functional groups attached to an aromatic ring is 1. The number of thioether (sulfide) groups is 1. The second-order valence-corrected chi connectivity index (χ2v) is 9.37. The SMILES string of the molecule is Cc1ccc([N+](=O)[O-])cc1NC(=O)CSc1nnc(COc2ccc(C(C)(C)C)cc2)n1N. The van der Waals surface area contributed by atoms with E-state index >= 15 is 0 Å². The predicted octanol–water partition coefficient (Wildman–Crippen LogP) is 3.82. The van der Waals surface area contributed by atoms with Crippen molar-refractivity contribution in [2.24, 2.45) is 0 Å². The third-order valence-corrected chi connectivity index (χ3v) is 5.80. The molecule has 0 aliphatic heterocycles. The third-order valence-electron chi connectivity index (χ3n) is 4.86. The molecule has 3 aromatic rings. The van der Waals surface area contributed by atoms with E-state index in [2.05, 4.69) is 36.3 Å². The summed E-state index contributed by atoms with van der Waals surface area (Å²) in [6.45, 7) is 8.31. The molecule has 0 unspecified atom stereocenters. The minimum absolute atomic E-state index is 0.00654. The zero-order chi connectivity index (χ0) is 24.2. The molecule has 1 amide bonds. The number of ether oxygens (including phenoxy) is 1. The number of aromatic nitrogens is 3. The standard InChI is InChI=1S/C22H26N6O4S/c1-14-5-8-16(28(30)31)11-18(14)24-20(29)13-33-21-26-25-19(27(21)23)12-32-17-9-6-15(7-10-17)22(2,3)4/h5-11H,12-13,23H2,1-4H3,(H,24,29). The number of nitro benzene ring substituents is 1. The number of nitrogens with zero attached hydrogens (tertiary/aromatic N) is 4. The number of anilines is 1. The molecule has 3 N–H and O–H groups in total. The molecule has 1 heterocycles. The highest BCUT2D eigenvalue weighted by atomic mass is 32.2. The Kier molecular flexibility index (Phi) is 7.22. The molecule has 0 fully saturated rings. The van der Waals surface area contributed by atoms with Crippen molar-refractivity contribution >= 4 is 29.0 Å². The van der Waals surface area contributed by atoms with Gasteiger partial charge in [-0.25, -0.2) is 4.68 Å². The molecule has 10 nitrogen and oxygen atoms in total. The summed E-state index contributed by atoms with van der Waals surface area (Å²) >= 11 is 1.10. The van der Waals surface area contributed by atoms with E-state index < -0.39 is 4.92 Å². The minimum atomic E-state index is -0.511. The zero-order valence-corrected chi connectivity index (χ0v) is 19.7. The summed E-state index contributed by atoms with van der Waals surface area (Å²) in [5.74, 6) is 6.81. The van der Waals surface area contributed by atoms with Crippen LogP contribution in [-0.2, 0) is 16.8 Å². The van der Waals surface area contributed by atoms with E-state index in [9.17, 15) is 14.9 Å². The zero-order valence-electron chi connectivity index (χ0n) is 18.9. The van der Waals surface area contributed by atoms with Crippen LogP contribution in [0, 0.1) is 17.0 Å². The van der Waals surface area contributed by atoms with Gasteiger partial charge in [-0.05, 0) is 35.6 Å². The average Bonchev–Trinajstić information content (AvgIpc) is 3.11. The van der Waals surface area contributed by atoms with E-state index in [1.165, 1.54) is 22.4 Å². The number of nitro groups is 1. The first-order valence-corrected chi connectivity index (χ1v) is 11.1. The molecule has 0 saturated carbocycles. The van der Waals surface area contributed by atoms with Crippen molar-refractivity contribution in [1.29, 1.82) is 0 Å². The van der Waals surface area contributed by atoms with E-state index in [1.807, 2.05) is 24.3 Å². The van der Waals surface area contributed by atoms with Crippen LogP contribution >= 0.6 is 11.8 Å². The lowest BCUT2D eigenvalue weighted by molar-refractivity contribution is -0.384. The van der Waals surface area contributed by atoms with Crippen LogP contribution in [0.2, 0.25) is 0 Å². The molecule has 11 heteroatoms. The fourth-order valence-corrected chi connectivity index (χ4v) is 3.55. The second-order valence-electron chi connectivity index (χ2n) is 8.43. The maximum absolute atomic E-state index is 12.3. The lowest BCUT2D eigenvalue weighted by Crippen LogP contribution is -2.18. The number of hydrogen-bond donors (Lipinski definition) is 2. The molecule has 0 atom stereocenters. The monoisotopic (exact) mass is 470 g/mol.